The number of thiol groups is 1. The summed E-state index contributed by atoms with van der Waals surface area (Å²) in [6.45, 7) is 8.56. The molecule has 1 heterocycles. The zero-order valence-electron chi connectivity index (χ0n) is 14.6. The second-order valence-electron chi connectivity index (χ2n) is 7.33. The molecule has 6 heteroatoms. The number of amides is 1. The Labute approximate surface area is 148 Å². The topological polar surface area (TPSA) is 66.8 Å². The van der Waals surface area contributed by atoms with Gasteiger partial charge in [0.05, 0.1) is 0 Å². The van der Waals surface area contributed by atoms with E-state index in [0.29, 0.717) is 18.7 Å². The molecule has 0 spiro atoms. The van der Waals surface area contributed by atoms with E-state index in [-0.39, 0.29) is 17.2 Å². The van der Waals surface area contributed by atoms with Gasteiger partial charge in [-0.05, 0) is 22.1 Å². The number of benzene rings is 1. The molecule has 2 atom stereocenters. The van der Waals surface area contributed by atoms with Crippen LogP contribution >= 0.6 is 12.6 Å². The van der Waals surface area contributed by atoms with Crippen molar-refractivity contribution in [3.63, 3.8) is 0 Å². The first-order valence-electron chi connectivity index (χ1n) is 8.06. The van der Waals surface area contributed by atoms with Crippen molar-refractivity contribution in [3.05, 3.63) is 34.9 Å². The predicted molar refractivity (Wildman–Crippen MR) is 95.3 cm³/mol. The molecule has 2 unspecified atom stereocenters. The standard InChI is InChI=1S/C18H25NO4S/c1-11(10-24)16(20)19-9-13-7-14(18(2,3)4)6-5-12(13)8-15(19)23-17(21)22/h5-7,11,15,24H,8-10H2,1-4H3,(H,21,22). The number of carbonyl (C=O) groups is 2. The number of hydrogen-bond donors (Lipinski definition) is 2. The van der Waals surface area contributed by atoms with Crippen LogP contribution in [0.2, 0.25) is 0 Å². The summed E-state index contributed by atoms with van der Waals surface area (Å²) in [6, 6.07) is 6.18. The monoisotopic (exact) mass is 351 g/mol. The molecule has 1 amide bonds. The molecule has 0 aromatic heterocycles. The highest BCUT2D eigenvalue weighted by molar-refractivity contribution is 7.80. The smallest absolute Gasteiger partial charge is 0.450 e. The number of ether oxygens (including phenoxy) is 1. The number of fused-ring (bicyclic) bond motifs is 1. The first-order valence-corrected chi connectivity index (χ1v) is 8.70. The second kappa shape index (κ2) is 7.05. The average molecular weight is 351 g/mol. The number of carboxylic acid groups (broad SMARTS) is 1. The zero-order chi connectivity index (χ0) is 18.1. The van der Waals surface area contributed by atoms with Gasteiger partial charge >= 0.3 is 6.16 Å². The lowest BCUT2D eigenvalue weighted by atomic mass is 9.84. The van der Waals surface area contributed by atoms with Gasteiger partial charge in [0.2, 0.25) is 5.91 Å². The van der Waals surface area contributed by atoms with E-state index >= 15 is 0 Å². The third kappa shape index (κ3) is 4.04. The van der Waals surface area contributed by atoms with Crippen LogP contribution in [0.1, 0.15) is 44.4 Å². The van der Waals surface area contributed by atoms with Gasteiger partial charge in [-0.3, -0.25) is 4.79 Å². The van der Waals surface area contributed by atoms with Gasteiger partial charge in [-0.1, -0.05) is 45.9 Å². The van der Waals surface area contributed by atoms with Crippen molar-refractivity contribution in [2.24, 2.45) is 5.92 Å². The van der Waals surface area contributed by atoms with E-state index in [1.165, 1.54) is 10.5 Å². The van der Waals surface area contributed by atoms with Gasteiger partial charge in [0.1, 0.15) is 0 Å². The first-order chi connectivity index (χ1) is 11.1. The first kappa shape index (κ1) is 18.6. The third-order valence-corrected chi connectivity index (χ3v) is 4.92. The highest BCUT2D eigenvalue weighted by Crippen LogP contribution is 2.30. The fraction of sp³-hybridized carbons (Fsp3) is 0.556. The Bertz CT molecular complexity index is 638. The molecule has 0 aliphatic carbocycles. The fourth-order valence-electron chi connectivity index (χ4n) is 2.83. The van der Waals surface area contributed by atoms with Crippen LogP contribution in [0.15, 0.2) is 18.2 Å². The molecule has 0 fully saturated rings. The maximum absolute atomic E-state index is 12.6. The molecule has 0 saturated heterocycles. The summed E-state index contributed by atoms with van der Waals surface area (Å²) >= 11 is 4.18. The molecule has 1 aliphatic rings. The predicted octanol–water partition coefficient (Wildman–Crippen LogP) is 3.46. The van der Waals surface area contributed by atoms with E-state index in [1.807, 2.05) is 6.07 Å². The van der Waals surface area contributed by atoms with Crippen molar-refractivity contribution in [1.29, 1.82) is 0 Å². The quantitative estimate of drug-likeness (QED) is 0.646. The molecule has 1 N–H and O–H groups in total. The van der Waals surface area contributed by atoms with Gasteiger partial charge in [-0.2, -0.15) is 12.6 Å². The molecule has 0 bridgehead atoms. The number of carbonyl (C=O) groups excluding carboxylic acids is 1. The lowest BCUT2D eigenvalue weighted by Gasteiger charge is -2.37. The van der Waals surface area contributed by atoms with Crippen molar-refractivity contribution < 1.29 is 19.4 Å². The van der Waals surface area contributed by atoms with E-state index in [9.17, 15) is 9.59 Å². The lowest BCUT2D eigenvalue weighted by molar-refractivity contribution is -0.148. The van der Waals surface area contributed by atoms with E-state index < -0.39 is 12.4 Å². The summed E-state index contributed by atoms with van der Waals surface area (Å²) in [6.07, 6.45) is -1.78. The molecule has 132 valence electrons. The fourth-order valence-corrected chi connectivity index (χ4v) is 2.98. The van der Waals surface area contributed by atoms with Gasteiger partial charge < -0.3 is 14.7 Å². The summed E-state index contributed by atoms with van der Waals surface area (Å²) in [7, 11) is 0. The van der Waals surface area contributed by atoms with Crippen LogP contribution in [0.25, 0.3) is 0 Å². The number of rotatable bonds is 3. The molecule has 1 aromatic carbocycles. The van der Waals surface area contributed by atoms with Crippen LogP contribution in [0, 0.1) is 5.92 Å². The van der Waals surface area contributed by atoms with Crippen molar-refractivity contribution in [3.8, 4) is 0 Å². The highest BCUT2D eigenvalue weighted by Gasteiger charge is 2.34. The van der Waals surface area contributed by atoms with Crippen LogP contribution in [-0.2, 0) is 27.9 Å². The number of nitrogens with zero attached hydrogens (tertiary/aromatic N) is 1. The van der Waals surface area contributed by atoms with Crippen molar-refractivity contribution >= 4 is 24.7 Å². The van der Waals surface area contributed by atoms with Crippen molar-refractivity contribution in [2.45, 2.75) is 52.3 Å². The van der Waals surface area contributed by atoms with Crippen LogP contribution < -0.4 is 0 Å². The zero-order valence-corrected chi connectivity index (χ0v) is 15.5. The Kier molecular flexibility index (Phi) is 5.48. The van der Waals surface area contributed by atoms with Gasteiger partial charge in [0, 0.05) is 24.6 Å². The minimum absolute atomic E-state index is 0.0106. The second-order valence-corrected chi connectivity index (χ2v) is 7.69. The van der Waals surface area contributed by atoms with Gasteiger partial charge in [-0.25, -0.2) is 4.79 Å². The molecule has 0 radical (unpaired) electrons. The van der Waals surface area contributed by atoms with Gasteiger partial charge in [0.25, 0.3) is 0 Å². The van der Waals surface area contributed by atoms with Gasteiger partial charge in [0.15, 0.2) is 6.23 Å². The van der Waals surface area contributed by atoms with E-state index in [1.54, 1.807) is 6.92 Å². The highest BCUT2D eigenvalue weighted by atomic mass is 32.1. The third-order valence-electron chi connectivity index (χ3n) is 4.37. The summed E-state index contributed by atoms with van der Waals surface area (Å²) in [5, 5.41) is 8.98. The maximum Gasteiger partial charge on any atom is 0.507 e. The van der Waals surface area contributed by atoms with Gasteiger partial charge in [-0.15, -0.1) is 0 Å². The molecule has 1 aromatic rings. The summed E-state index contributed by atoms with van der Waals surface area (Å²) in [5.74, 6) is -0.0204. The minimum atomic E-state index is -1.37. The maximum atomic E-state index is 12.6. The molecular weight excluding hydrogens is 326 g/mol. The Morgan fingerprint density at radius 2 is 2.04 bits per heavy atom. The summed E-state index contributed by atoms with van der Waals surface area (Å²) in [4.78, 5) is 25.1. The SMILES string of the molecule is CC(CS)C(=O)N1Cc2cc(C(C)(C)C)ccc2CC1OC(=O)O. The summed E-state index contributed by atoms with van der Waals surface area (Å²) < 4.78 is 4.97. The Hall–Kier alpha value is -1.69. The molecule has 24 heavy (non-hydrogen) atoms. The molecular formula is C18H25NO4S. The van der Waals surface area contributed by atoms with Crippen LogP contribution in [-0.4, -0.2) is 34.0 Å². The Morgan fingerprint density at radius 1 is 1.38 bits per heavy atom. The number of hydrogen-bond acceptors (Lipinski definition) is 4. The van der Waals surface area contributed by atoms with Crippen LogP contribution in [0.3, 0.4) is 0 Å². The summed E-state index contributed by atoms with van der Waals surface area (Å²) in [5.41, 5.74) is 3.27. The minimum Gasteiger partial charge on any atom is -0.450 e. The molecule has 0 saturated carbocycles. The average Bonchev–Trinajstić information content (AvgIpc) is 2.50. The van der Waals surface area contributed by atoms with Crippen LogP contribution in [0.4, 0.5) is 4.79 Å². The Balaban J connectivity index is 2.37. The van der Waals surface area contributed by atoms with Crippen molar-refractivity contribution in [2.75, 3.05) is 5.75 Å². The van der Waals surface area contributed by atoms with E-state index in [2.05, 4.69) is 45.5 Å². The molecule has 5 nitrogen and oxygen atoms in total. The van der Waals surface area contributed by atoms with E-state index in [0.717, 1.165) is 11.1 Å². The molecule has 1 aliphatic heterocycles. The van der Waals surface area contributed by atoms with E-state index in [4.69, 9.17) is 9.84 Å². The molecule has 2 rings (SSSR count). The Morgan fingerprint density at radius 3 is 2.58 bits per heavy atom. The lowest BCUT2D eigenvalue weighted by Crippen LogP contribution is -2.48. The van der Waals surface area contributed by atoms with Crippen molar-refractivity contribution in [1.82, 2.24) is 4.90 Å². The largest absolute Gasteiger partial charge is 0.507 e. The van der Waals surface area contributed by atoms with Crippen LogP contribution in [0.5, 0.6) is 0 Å². The normalized spacial score (nSPS) is 18.7.